The quantitative estimate of drug-likeness (QED) is 0.593. The molecule has 1 aliphatic rings. The number of nitrogens with one attached hydrogen (secondary N) is 2. The minimum atomic E-state index is 0. The van der Waals surface area contributed by atoms with Gasteiger partial charge in [0.15, 0.2) is 5.82 Å². The fraction of sp³-hybridized carbons (Fsp3) is 0.667. The van der Waals surface area contributed by atoms with E-state index in [-0.39, 0.29) is 36.8 Å². The Bertz CT molecular complexity index is 513. The number of anilines is 1. The lowest BCUT2D eigenvalue weighted by Crippen LogP contribution is -2.35. The second-order valence-corrected chi connectivity index (χ2v) is 5.66. The Labute approximate surface area is 155 Å². The molecule has 0 spiro atoms. The van der Waals surface area contributed by atoms with Crippen LogP contribution in [0.2, 0.25) is 0 Å². The van der Waals surface area contributed by atoms with Gasteiger partial charge in [-0.1, -0.05) is 0 Å². The number of carbonyl (C=O) groups excluding carboxylic acids is 1. The smallest absolute Gasteiger partial charge is 0.219 e. The van der Waals surface area contributed by atoms with E-state index in [2.05, 4.69) is 20.6 Å². The summed E-state index contributed by atoms with van der Waals surface area (Å²) in [5.41, 5.74) is 6.88. The molecule has 0 atom stereocenters. The highest BCUT2D eigenvalue weighted by atomic mass is 35.5. The fourth-order valence-corrected chi connectivity index (χ4v) is 2.50. The molecule has 0 saturated heterocycles. The zero-order valence-corrected chi connectivity index (χ0v) is 15.7. The van der Waals surface area contributed by atoms with Gasteiger partial charge in [0.25, 0.3) is 0 Å². The van der Waals surface area contributed by atoms with Gasteiger partial charge in [-0.2, -0.15) is 0 Å². The number of carbonyl (C=O) groups is 1. The first-order valence-corrected chi connectivity index (χ1v) is 7.69. The second-order valence-electron chi connectivity index (χ2n) is 5.66. The van der Waals surface area contributed by atoms with Crippen LogP contribution in [0.3, 0.4) is 0 Å². The number of hydrogen-bond acceptors (Lipinski definition) is 6. The molecule has 1 heterocycles. The van der Waals surface area contributed by atoms with Crippen molar-refractivity contribution >= 4 is 36.5 Å². The molecule has 138 valence electrons. The van der Waals surface area contributed by atoms with Crippen molar-refractivity contribution < 1.29 is 9.53 Å². The molecule has 0 unspecified atom stereocenters. The van der Waals surface area contributed by atoms with E-state index in [1.165, 1.54) is 0 Å². The van der Waals surface area contributed by atoms with E-state index in [1.807, 2.05) is 6.07 Å². The molecule has 1 fully saturated rings. The van der Waals surface area contributed by atoms with Crippen molar-refractivity contribution in [3.8, 4) is 0 Å². The maximum absolute atomic E-state index is 11.2. The molecule has 1 amide bonds. The van der Waals surface area contributed by atoms with Gasteiger partial charge >= 0.3 is 0 Å². The highest BCUT2D eigenvalue weighted by Crippen LogP contribution is 2.35. The first kappa shape index (κ1) is 22.9. The third-order valence-corrected chi connectivity index (χ3v) is 3.82. The van der Waals surface area contributed by atoms with Gasteiger partial charge in [0, 0.05) is 50.8 Å². The number of ether oxygens (including phenoxy) is 1. The maximum atomic E-state index is 11.2. The average Bonchev–Trinajstić information content (AvgIpc) is 2.48. The summed E-state index contributed by atoms with van der Waals surface area (Å²) in [6, 6.07) is 2.27. The van der Waals surface area contributed by atoms with E-state index in [4.69, 9.17) is 10.5 Å². The molecular formula is C15H27Cl2N5O2. The molecule has 7 nitrogen and oxygen atoms in total. The molecule has 0 bridgehead atoms. The van der Waals surface area contributed by atoms with E-state index in [1.54, 1.807) is 14.2 Å². The first-order chi connectivity index (χ1) is 10.6. The molecule has 0 aliphatic heterocycles. The van der Waals surface area contributed by atoms with Crippen molar-refractivity contribution in [2.75, 3.05) is 26.0 Å². The van der Waals surface area contributed by atoms with E-state index >= 15 is 0 Å². The third-order valence-electron chi connectivity index (χ3n) is 3.82. The monoisotopic (exact) mass is 379 g/mol. The van der Waals surface area contributed by atoms with Crippen LogP contribution in [0.15, 0.2) is 6.07 Å². The summed E-state index contributed by atoms with van der Waals surface area (Å²) in [7, 11) is 3.28. The fourth-order valence-electron chi connectivity index (χ4n) is 2.50. The molecule has 1 aromatic heterocycles. The topological polar surface area (TPSA) is 102 Å². The van der Waals surface area contributed by atoms with Crippen LogP contribution in [0.4, 0.5) is 5.82 Å². The molecule has 1 saturated carbocycles. The molecule has 1 aliphatic carbocycles. The predicted molar refractivity (Wildman–Crippen MR) is 99.0 cm³/mol. The second kappa shape index (κ2) is 11.4. The van der Waals surface area contributed by atoms with Crippen LogP contribution >= 0.6 is 24.8 Å². The SMILES string of the molecule is CNC(=O)CCCNc1cc(C2CC(N)C2)nc(COC)n1.Cl.Cl. The third kappa shape index (κ3) is 6.76. The number of amides is 1. The Hall–Kier alpha value is -1.15. The van der Waals surface area contributed by atoms with Crippen molar-refractivity contribution in [1.29, 1.82) is 0 Å². The van der Waals surface area contributed by atoms with Crippen molar-refractivity contribution in [3.63, 3.8) is 0 Å². The average molecular weight is 380 g/mol. The van der Waals surface area contributed by atoms with Crippen LogP contribution in [-0.4, -0.2) is 42.6 Å². The summed E-state index contributed by atoms with van der Waals surface area (Å²) in [4.78, 5) is 20.2. The lowest BCUT2D eigenvalue weighted by atomic mass is 9.78. The van der Waals surface area contributed by atoms with Crippen LogP contribution in [0, 0.1) is 0 Å². The zero-order chi connectivity index (χ0) is 15.9. The minimum Gasteiger partial charge on any atom is -0.377 e. The van der Waals surface area contributed by atoms with Crippen LogP contribution in [0.1, 0.15) is 43.1 Å². The van der Waals surface area contributed by atoms with Crippen LogP contribution in [0.5, 0.6) is 0 Å². The number of nitrogens with zero attached hydrogens (tertiary/aromatic N) is 2. The largest absolute Gasteiger partial charge is 0.377 e. The van der Waals surface area contributed by atoms with Gasteiger partial charge in [0.05, 0.1) is 0 Å². The lowest BCUT2D eigenvalue weighted by Gasteiger charge is -2.32. The van der Waals surface area contributed by atoms with Gasteiger partial charge < -0.3 is 21.1 Å². The molecule has 1 aromatic rings. The molecule has 24 heavy (non-hydrogen) atoms. The van der Waals surface area contributed by atoms with Gasteiger partial charge in [-0.05, 0) is 19.3 Å². The zero-order valence-electron chi connectivity index (χ0n) is 14.1. The van der Waals surface area contributed by atoms with Gasteiger partial charge in [-0.15, -0.1) is 24.8 Å². The number of methoxy groups -OCH3 is 1. The Kier molecular flexibility index (Phi) is 10.9. The van der Waals surface area contributed by atoms with Crippen LogP contribution in [-0.2, 0) is 16.1 Å². The number of halogens is 2. The summed E-state index contributed by atoms with van der Waals surface area (Å²) in [5.74, 6) is 1.93. The van der Waals surface area contributed by atoms with E-state index in [9.17, 15) is 4.79 Å². The number of nitrogens with two attached hydrogens (primary N) is 1. The summed E-state index contributed by atoms with van der Waals surface area (Å²) in [6.45, 7) is 1.08. The molecule has 0 radical (unpaired) electrons. The molecule has 2 rings (SSSR count). The van der Waals surface area contributed by atoms with E-state index in [0.717, 1.165) is 30.8 Å². The highest BCUT2D eigenvalue weighted by molar-refractivity contribution is 5.85. The number of hydrogen-bond donors (Lipinski definition) is 3. The Balaban J connectivity index is 0.00000264. The van der Waals surface area contributed by atoms with Crippen molar-refractivity contribution in [3.05, 3.63) is 17.6 Å². The number of aromatic nitrogens is 2. The normalized spacial score (nSPS) is 18.6. The van der Waals surface area contributed by atoms with Gasteiger partial charge in [-0.3, -0.25) is 4.79 Å². The van der Waals surface area contributed by atoms with Crippen molar-refractivity contribution in [2.45, 2.75) is 44.2 Å². The summed E-state index contributed by atoms with van der Waals surface area (Å²) >= 11 is 0. The standard InChI is InChI=1S/C15H25N5O2.2ClH/c1-17-15(21)4-3-5-18-13-8-12(10-6-11(16)7-10)19-14(20-13)9-22-2;;/h8,10-11H,3-7,9,16H2,1-2H3,(H,17,21)(H,18,19,20);2*1H. The first-order valence-electron chi connectivity index (χ1n) is 7.69. The molecule has 0 aromatic carbocycles. The van der Waals surface area contributed by atoms with Crippen molar-refractivity contribution in [2.24, 2.45) is 5.73 Å². The van der Waals surface area contributed by atoms with E-state index in [0.29, 0.717) is 31.3 Å². The Morgan fingerprint density at radius 1 is 1.38 bits per heavy atom. The Morgan fingerprint density at radius 2 is 2.08 bits per heavy atom. The Morgan fingerprint density at radius 3 is 2.67 bits per heavy atom. The minimum absolute atomic E-state index is 0. The molecular weight excluding hydrogens is 353 g/mol. The highest BCUT2D eigenvalue weighted by Gasteiger charge is 2.29. The molecule has 9 heteroatoms. The van der Waals surface area contributed by atoms with Gasteiger partial charge in [0.2, 0.25) is 5.91 Å². The van der Waals surface area contributed by atoms with Crippen LogP contribution in [0.25, 0.3) is 0 Å². The van der Waals surface area contributed by atoms with Gasteiger partial charge in [0.1, 0.15) is 12.4 Å². The van der Waals surface area contributed by atoms with Crippen molar-refractivity contribution in [1.82, 2.24) is 15.3 Å². The maximum Gasteiger partial charge on any atom is 0.219 e. The predicted octanol–water partition coefficient (Wildman–Crippen LogP) is 1.61. The summed E-state index contributed by atoms with van der Waals surface area (Å²) in [5, 5.41) is 5.87. The van der Waals surface area contributed by atoms with Gasteiger partial charge in [-0.25, -0.2) is 9.97 Å². The van der Waals surface area contributed by atoms with E-state index < -0.39 is 0 Å². The summed E-state index contributed by atoms with van der Waals surface area (Å²) in [6.07, 6.45) is 3.20. The summed E-state index contributed by atoms with van der Waals surface area (Å²) < 4.78 is 5.13. The molecule has 4 N–H and O–H groups in total. The van der Waals surface area contributed by atoms with Crippen LogP contribution < -0.4 is 16.4 Å². The number of rotatable bonds is 8. The lowest BCUT2D eigenvalue weighted by molar-refractivity contribution is -0.120.